The smallest absolute Gasteiger partial charge is 0.153 e. The highest BCUT2D eigenvalue weighted by molar-refractivity contribution is 7.09. The van der Waals surface area contributed by atoms with Crippen molar-refractivity contribution in [2.45, 2.75) is 46.0 Å². The summed E-state index contributed by atoms with van der Waals surface area (Å²) in [6.45, 7) is 6.54. The van der Waals surface area contributed by atoms with Gasteiger partial charge in [0.1, 0.15) is 11.5 Å². The maximum absolute atomic E-state index is 5.89. The Labute approximate surface area is 107 Å². The second kappa shape index (κ2) is 5.50. The number of hydrogen-bond donors (Lipinski definition) is 0. The summed E-state index contributed by atoms with van der Waals surface area (Å²) < 4.78 is 5.89. The Balaban J connectivity index is 2.17. The third-order valence-electron chi connectivity index (χ3n) is 2.94. The fourth-order valence-corrected chi connectivity index (χ4v) is 2.65. The summed E-state index contributed by atoms with van der Waals surface area (Å²) in [4.78, 5) is 4.54. The molecule has 1 unspecified atom stereocenters. The summed E-state index contributed by atoms with van der Waals surface area (Å²) in [5.74, 6) is 2.48. The van der Waals surface area contributed by atoms with E-state index in [1.807, 2.05) is 6.07 Å². The Morgan fingerprint density at radius 3 is 2.82 bits per heavy atom. The molecule has 0 spiro atoms. The summed E-state index contributed by atoms with van der Waals surface area (Å²) in [5.41, 5.74) is 0.974. The van der Waals surface area contributed by atoms with E-state index < -0.39 is 0 Å². The summed E-state index contributed by atoms with van der Waals surface area (Å²) in [7, 11) is 0. The number of aromatic nitrogens is 1. The molecule has 0 radical (unpaired) electrons. The van der Waals surface area contributed by atoms with Crippen molar-refractivity contribution in [2.24, 2.45) is 0 Å². The maximum atomic E-state index is 5.89. The average Bonchev–Trinajstić information content (AvgIpc) is 2.98. The third kappa shape index (κ3) is 2.78. The Kier molecular flexibility index (Phi) is 4.00. The van der Waals surface area contributed by atoms with Crippen LogP contribution in [0.4, 0.5) is 0 Å². The molecule has 0 saturated carbocycles. The second-order valence-corrected chi connectivity index (χ2v) is 5.31. The highest BCUT2D eigenvalue weighted by atomic mass is 32.1. The van der Waals surface area contributed by atoms with E-state index in [0.29, 0.717) is 5.92 Å². The summed E-state index contributed by atoms with van der Waals surface area (Å²) in [6, 6.07) is 4.12. The monoisotopic (exact) mass is 249 g/mol. The van der Waals surface area contributed by atoms with Crippen molar-refractivity contribution in [3.8, 4) is 11.5 Å². The van der Waals surface area contributed by atoms with Crippen LogP contribution in [0.2, 0.25) is 0 Å². The average molecular weight is 249 g/mol. The van der Waals surface area contributed by atoms with Crippen LogP contribution < -0.4 is 0 Å². The van der Waals surface area contributed by atoms with Crippen molar-refractivity contribution in [1.82, 2.24) is 4.98 Å². The summed E-state index contributed by atoms with van der Waals surface area (Å²) in [6.07, 6.45) is 3.35. The molecular formula is C14H19NOS. The van der Waals surface area contributed by atoms with Gasteiger partial charge in [-0.25, -0.2) is 4.98 Å². The molecule has 0 fully saturated rings. The van der Waals surface area contributed by atoms with Crippen LogP contribution in [-0.2, 0) is 6.42 Å². The number of aryl methyl sites for hydroxylation is 1. The van der Waals surface area contributed by atoms with E-state index >= 15 is 0 Å². The van der Waals surface area contributed by atoms with Gasteiger partial charge in [0.2, 0.25) is 0 Å². The fraction of sp³-hybridized carbons (Fsp3) is 0.500. The normalized spacial score (nSPS) is 12.9. The Bertz CT molecular complexity index is 472. The Morgan fingerprint density at radius 1 is 1.35 bits per heavy atom. The minimum Gasteiger partial charge on any atom is -0.459 e. The predicted octanol–water partition coefficient (Wildman–Crippen LogP) is 4.87. The van der Waals surface area contributed by atoms with Crippen molar-refractivity contribution in [3.63, 3.8) is 0 Å². The first kappa shape index (κ1) is 12.4. The van der Waals surface area contributed by atoms with Gasteiger partial charge in [-0.15, -0.1) is 11.3 Å². The van der Waals surface area contributed by atoms with Gasteiger partial charge >= 0.3 is 0 Å². The molecule has 2 aromatic heterocycles. The van der Waals surface area contributed by atoms with E-state index in [1.165, 1.54) is 17.8 Å². The van der Waals surface area contributed by atoms with Crippen molar-refractivity contribution >= 4 is 11.3 Å². The third-order valence-corrected chi connectivity index (χ3v) is 3.93. The van der Waals surface area contributed by atoms with Crippen LogP contribution in [0.25, 0.3) is 11.5 Å². The zero-order chi connectivity index (χ0) is 12.3. The topological polar surface area (TPSA) is 26.0 Å². The van der Waals surface area contributed by atoms with Crippen LogP contribution in [0, 0.1) is 0 Å². The van der Waals surface area contributed by atoms with Gasteiger partial charge in [0.05, 0.1) is 5.01 Å². The van der Waals surface area contributed by atoms with E-state index in [-0.39, 0.29) is 0 Å². The van der Waals surface area contributed by atoms with Gasteiger partial charge in [0.25, 0.3) is 0 Å². The zero-order valence-electron chi connectivity index (χ0n) is 10.7. The van der Waals surface area contributed by atoms with Gasteiger partial charge in [-0.05, 0) is 25.0 Å². The van der Waals surface area contributed by atoms with Crippen LogP contribution in [0.3, 0.4) is 0 Å². The van der Waals surface area contributed by atoms with Crippen LogP contribution in [-0.4, -0.2) is 4.98 Å². The number of hydrogen-bond acceptors (Lipinski definition) is 3. The number of furan rings is 1. The van der Waals surface area contributed by atoms with Gasteiger partial charge in [-0.3, -0.25) is 0 Å². The highest BCUT2D eigenvalue weighted by Crippen LogP contribution is 2.29. The molecule has 3 heteroatoms. The molecule has 92 valence electrons. The minimum absolute atomic E-state index is 0.498. The number of rotatable bonds is 5. The molecule has 0 bridgehead atoms. The van der Waals surface area contributed by atoms with E-state index in [4.69, 9.17) is 4.42 Å². The lowest BCUT2D eigenvalue weighted by Crippen LogP contribution is -1.89. The standard InChI is InChI=1S/C14H19NOS/c1-4-6-10(3)12-7-8-13(16-12)11-9-17-14(5-2)15-11/h7-10H,4-6H2,1-3H3. The first-order valence-electron chi connectivity index (χ1n) is 6.29. The van der Waals surface area contributed by atoms with Crippen molar-refractivity contribution in [2.75, 3.05) is 0 Å². The van der Waals surface area contributed by atoms with Gasteiger partial charge in [0, 0.05) is 11.3 Å². The molecule has 0 amide bonds. The molecule has 0 aromatic carbocycles. The van der Waals surface area contributed by atoms with Crippen LogP contribution in [0.15, 0.2) is 21.9 Å². The molecule has 17 heavy (non-hydrogen) atoms. The summed E-state index contributed by atoms with van der Waals surface area (Å²) >= 11 is 1.70. The van der Waals surface area contributed by atoms with Crippen LogP contribution in [0.1, 0.15) is 50.3 Å². The van der Waals surface area contributed by atoms with E-state index in [1.54, 1.807) is 11.3 Å². The molecule has 0 aliphatic carbocycles. The van der Waals surface area contributed by atoms with E-state index in [0.717, 1.165) is 23.6 Å². The molecule has 1 atom stereocenters. The Hall–Kier alpha value is -1.09. The SMILES string of the molecule is CCCC(C)c1ccc(-c2csc(CC)n2)o1. The van der Waals surface area contributed by atoms with E-state index in [2.05, 4.69) is 37.2 Å². The molecule has 2 heterocycles. The lowest BCUT2D eigenvalue weighted by atomic mass is 10.0. The van der Waals surface area contributed by atoms with Gasteiger partial charge < -0.3 is 4.42 Å². The molecule has 0 saturated heterocycles. The van der Waals surface area contributed by atoms with Crippen molar-refractivity contribution in [1.29, 1.82) is 0 Å². The maximum Gasteiger partial charge on any atom is 0.153 e. The van der Waals surface area contributed by atoms with Gasteiger partial charge in [-0.1, -0.05) is 27.2 Å². The first-order valence-corrected chi connectivity index (χ1v) is 7.17. The number of thiazole rings is 1. The first-order chi connectivity index (χ1) is 8.24. The quantitative estimate of drug-likeness (QED) is 0.755. The molecular weight excluding hydrogens is 230 g/mol. The number of nitrogens with zero attached hydrogens (tertiary/aromatic N) is 1. The molecule has 0 aliphatic heterocycles. The molecule has 2 rings (SSSR count). The molecule has 2 nitrogen and oxygen atoms in total. The van der Waals surface area contributed by atoms with Gasteiger partial charge in [0.15, 0.2) is 5.76 Å². The molecule has 2 aromatic rings. The summed E-state index contributed by atoms with van der Waals surface area (Å²) in [5, 5.41) is 3.24. The zero-order valence-corrected chi connectivity index (χ0v) is 11.5. The van der Waals surface area contributed by atoms with Crippen molar-refractivity contribution in [3.05, 3.63) is 28.3 Å². The molecule has 0 aliphatic rings. The minimum atomic E-state index is 0.498. The lowest BCUT2D eigenvalue weighted by molar-refractivity contribution is 0.468. The molecule has 0 N–H and O–H groups in total. The van der Waals surface area contributed by atoms with Gasteiger partial charge in [-0.2, -0.15) is 0 Å². The van der Waals surface area contributed by atoms with E-state index in [9.17, 15) is 0 Å². The fourth-order valence-electron chi connectivity index (χ4n) is 1.92. The second-order valence-electron chi connectivity index (χ2n) is 4.37. The van der Waals surface area contributed by atoms with Crippen LogP contribution in [0.5, 0.6) is 0 Å². The van der Waals surface area contributed by atoms with Crippen molar-refractivity contribution < 1.29 is 4.42 Å². The lowest BCUT2D eigenvalue weighted by Gasteiger charge is -2.05. The van der Waals surface area contributed by atoms with Crippen LogP contribution >= 0.6 is 11.3 Å². The Morgan fingerprint density at radius 2 is 2.18 bits per heavy atom. The highest BCUT2D eigenvalue weighted by Gasteiger charge is 2.12. The largest absolute Gasteiger partial charge is 0.459 e. The predicted molar refractivity (Wildman–Crippen MR) is 72.5 cm³/mol.